The number of amides is 1. The van der Waals surface area contributed by atoms with E-state index in [9.17, 15) is 9.59 Å². The maximum Gasteiger partial charge on any atom is 0.279 e. The van der Waals surface area contributed by atoms with Crippen molar-refractivity contribution in [2.75, 3.05) is 0 Å². The number of benzene rings is 1. The fraction of sp³-hybridized carbons (Fsp3) is 0.389. The lowest BCUT2D eigenvalue weighted by Crippen LogP contribution is -2.42. The molecule has 130 valence electrons. The topological polar surface area (TPSA) is 80.3 Å². The molecule has 3 atom stereocenters. The molecule has 2 aliphatic heterocycles. The van der Waals surface area contributed by atoms with Crippen molar-refractivity contribution in [3.05, 3.63) is 40.9 Å². The van der Waals surface area contributed by atoms with E-state index in [1.807, 2.05) is 0 Å². The zero-order valence-electron chi connectivity index (χ0n) is 13.8. The Balaban J connectivity index is 1.37. The van der Waals surface area contributed by atoms with Crippen LogP contribution in [0.25, 0.3) is 0 Å². The molecule has 2 aliphatic rings. The summed E-state index contributed by atoms with van der Waals surface area (Å²) in [6.07, 6.45) is 3.36. The van der Waals surface area contributed by atoms with E-state index in [1.54, 1.807) is 29.6 Å². The monoisotopic (exact) mass is 357 g/mol. The number of aromatic nitrogens is 1. The van der Waals surface area contributed by atoms with Gasteiger partial charge in [0.15, 0.2) is 5.78 Å². The summed E-state index contributed by atoms with van der Waals surface area (Å²) in [6, 6.07) is 8.16. The number of carbonyl (C=O) groups excluding carboxylic acids is 2. The fourth-order valence-corrected chi connectivity index (χ4v) is 4.20. The summed E-state index contributed by atoms with van der Waals surface area (Å²) in [6.45, 7) is 1.47. The lowest BCUT2D eigenvalue weighted by Gasteiger charge is -2.21. The third kappa shape index (κ3) is 3.43. The van der Waals surface area contributed by atoms with Crippen molar-refractivity contribution in [1.82, 2.24) is 15.6 Å². The Morgan fingerprint density at radius 1 is 1.28 bits per heavy atom. The van der Waals surface area contributed by atoms with Crippen LogP contribution in [0, 0.1) is 0 Å². The van der Waals surface area contributed by atoms with E-state index < -0.39 is 0 Å². The number of hydrogen-bond donors (Lipinski definition) is 2. The molecule has 25 heavy (non-hydrogen) atoms. The average Bonchev–Trinajstić information content (AvgIpc) is 3.32. The van der Waals surface area contributed by atoms with Gasteiger partial charge < -0.3 is 15.4 Å². The van der Waals surface area contributed by atoms with Crippen molar-refractivity contribution < 1.29 is 14.3 Å². The molecule has 2 bridgehead atoms. The Morgan fingerprint density at radius 3 is 2.68 bits per heavy atom. The van der Waals surface area contributed by atoms with Crippen LogP contribution in [0.3, 0.4) is 0 Å². The highest BCUT2D eigenvalue weighted by atomic mass is 32.1. The van der Waals surface area contributed by atoms with Crippen LogP contribution in [0.5, 0.6) is 10.9 Å². The molecule has 2 fully saturated rings. The van der Waals surface area contributed by atoms with Crippen molar-refractivity contribution in [1.29, 1.82) is 0 Å². The largest absolute Gasteiger partial charge is 0.431 e. The number of hydrogen-bond acceptors (Lipinski definition) is 6. The van der Waals surface area contributed by atoms with Gasteiger partial charge in [-0.25, -0.2) is 0 Å². The lowest BCUT2D eigenvalue weighted by molar-refractivity contribution is 0.0930. The molecule has 1 aromatic carbocycles. The molecule has 0 saturated carbocycles. The van der Waals surface area contributed by atoms with E-state index in [0.29, 0.717) is 34.3 Å². The summed E-state index contributed by atoms with van der Waals surface area (Å²) in [5.41, 5.74) is 1.01. The second kappa shape index (κ2) is 6.57. The number of fused-ring (bicyclic) bond motifs is 2. The quantitative estimate of drug-likeness (QED) is 0.805. The Hall–Kier alpha value is -2.25. The van der Waals surface area contributed by atoms with Crippen LogP contribution in [-0.4, -0.2) is 34.8 Å². The molecule has 3 heterocycles. The highest BCUT2D eigenvalue weighted by molar-refractivity contribution is 7.11. The molecule has 0 spiro atoms. The summed E-state index contributed by atoms with van der Waals surface area (Å²) >= 11 is 1.27. The van der Waals surface area contributed by atoms with Gasteiger partial charge in [0, 0.05) is 36.0 Å². The minimum Gasteiger partial charge on any atom is -0.431 e. The Labute approximate surface area is 149 Å². The van der Waals surface area contributed by atoms with E-state index in [2.05, 4.69) is 15.6 Å². The Bertz CT molecular complexity index is 802. The number of nitrogens with one attached hydrogen (secondary N) is 2. The van der Waals surface area contributed by atoms with E-state index >= 15 is 0 Å². The van der Waals surface area contributed by atoms with E-state index in [0.717, 1.165) is 12.8 Å². The van der Waals surface area contributed by atoms with Gasteiger partial charge in [0.05, 0.1) is 0 Å². The van der Waals surface area contributed by atoms with Gasteiger partial charge in [-0.3, -0.25) is 9.59 Å². The molecule has 1 aromatic heterocycles. The van der Waals surface area contributed by atoms with Crippen LogP contribution in [0.1, 0.15) is 47.0 Å². The number of rotatable bonds is 5. The number of ketones is 1. The van der Waals surface area contributed by atoms with Crippen LogP contribution in [0.2, 0.25) is 0 Å². The van der Waals surface area contributed by atoms with Crippen LogP contribution in [0.4, 0.5) is 0 Å². The zero-order chi connectivity index (χ0) is 17.4. The first kappa shape index (κ1) is 16.2. The second-order valence-electron chi connectivity index (χ2n) is 6.54. The molecule has 2 aromatic rings. The van der Waals surface area contributed by atoms with Crippen molar-refractivity contribution in [3.8, 4) is 10.9 Å². The fourth-order valence-electron chi connectivity index (χ4n) is 3.48. The predicted octanol–water partition coefficient (Wildman–Crippen LogP) is 2.76. The lowest BCUT2D eigenvalue weighted by atomic mass is 9.95. The first-order valence-electron chi connectivity index (χ1n) is 8.40. The standard InChI is InChI=1S/C18H19N3O3S/c1-10(22)16-9-25-18(21-16)24-13-5-2-11(3-6-13)17(23)20-15-8-12-4-7-14(15)19-12/h2-3,5-6,9,12,14-15,19H,4,7-8H2,1H3,(H,20,23). The van der Waals surface area contributed by atoms with Crippen molar-refractivity contribution >= 4 is 23.0 Å². The van der Waals surface area contributed by atoms with Gasteiger partial charge in [0.1, 0.15) is 11.4 Å². The van der Waals surface area contributed by atoms with Crippen LogP contribution in [-0.2, 0) is 0 Å². The summed E-state index contributed by atoms with van der Waals surface area (Å²) in [5, 5.41) is 8.72. The summed E-state index contributed by atoms with van der Waals surface area (Å²) in [4.78, 5) is 27.8. The molecule has 0 aliphatic carbocycles. The first-order chi connectivity index (χ1) is 12.1. The number of nitrogens with zero attached hydrogens (tertiary/aromatic N) is 1. The number of thiazole rings is 1. The third-order valence-corrected chi connectivity index (χ3v) is 5.50. The maximum absolute atomic E-state index is 12.4. The Morgan fingerprint density at radius 2 is 2.08 bits per heavy atom. The van der Waals surface area contributed by atoms with E-state index in [-0.39, 0.29) is 17.7 Å². The smallest absolute Gasteiger partial charge is 0.279 e. The SMILES string of the molecule is CC(=O)c1csc(Oc2ccc(C(=O)NC3CC4CCC3N4)cc2)n1. The van der Waals surface area contributed by atoms with Crippen molar-refractivity contribution in [2.24, 2.45) is 0 Å². The van der Waals surface area contributed by atoms with Gasteiger partial charge >= 0.3 is 0 Å². The summed E-state index contributed by atoms with van der Waals surface area (Å²) < 4.78 is 5.63. The van der Waals surface area contributed by atoms with Crippen LogP contribution >= 0.6 is 11.3 Å². The van der Waals surface area contributed by atoms with E-state index in [1.165, 1.54) is 24.7 Å². The molecule has 2 saturated heterocycles. The number of ether oxygens (including phenoxy) is 1. The summed E-state index contributed by atoms with van der Waals surface area (Å²) in [7, 11) is 0. The molecule has 2 N–H and O–H groups in total. The zero-order valence-corrected chi connectivity index (χ0v) is 14.6. The minimum absolute atomic E-state index is 0.0565. The third-order valence-electron chi connectivity index (χ3n) is 4.78. The normalized spacial score (nSPS) is 24.3. The molecule has 6 nitrogen and oxygen atoms in total. The molecule has 7 heteroatoms. The van der Waals surface area contributed by atoms with Crippen molar-refractivity contribution in [3.63, 3.8) is 0 Å². The molecule has 3 unspecified atom stereocenters. The van der Waals surface area contributed by atoms with Gasteiger partial charge in [0.25, 0.3) is 11.1 Å². The van der Waals surface area contributed by atoms with Crippen LogP contribution in [0.15, 0.2) is 29.6 Å². The van der Waals surface area contributed by atoms with Gasteiger partial charge in [-0.2, -0.15) is 4.98 Å². The molecule has 4 rings (SSSR count). The highest BCUT2D eigenvalue weighted by Crippen LogP contribution is 2.29. The molecule has 0 radical (unpaired) electrons. The van der Waals surface area contributed by atoms with E-state index in [4.69, 9.17) is 4.74 Å². The average molecular weight is 357 g/mol. The van der Waals surface area contributed by atoms with Gasteiger partial charge in [-0.15, -0.1) is 0 Å². The number of carbonyl (C=O) groups is 2. The van der Waals surface area contributed by atoms with Gasteiger partial charge in [-0.1, -0.05) is 11.3 Å². The minimum atomic E-state index is -0.0896. The second-order valence-corrected chi connectivity index (χ2v) is 7.37. The molecule has 1 amide bonds. The summed E-state index contributed by atoms with van der Waals surface area (Å²) in [5.74, 6) is 0.440. The van der Waals surface area contributed by atoms with Gasteiger partial charge in [0.2, 0.25) is 0 Å². The first-order valence-corrected chi connectivity index (χ1v) is 9.28. The van der Waals surface area contributed by atoms with Gasteiger partial charge in [-0.05, 0) is 43.5 Å². The molecular weight excluding hydrogens is 338 g/mol. The number of Topliss-reactive ketones (excluding diaryl/α,β-unsaturated/α-hetero) is 1. The van der Waals surface area contributed by atoms with Crippen LogP contribution < -0.4 is 15.4 Å². The van der Waals surface area contributed by atoms with Crippen molar-refractivity contribution in [2.45, 2.75) is 44.3 Å². The highest BCUT2D eigenvalue weighted by Gasteiger charge is 2.39. The maximum atomic E-state index is 12.4. The molecular formula is C18H19N3O3S. The Kier molecular flexibility index (Phi) is 4.27. The predicted molar refractivity (Wildman–Crippen MR) is 94.5 cm³/mol.